The number of anilines is 2. The van der Waals surface area contributed by atoms with E-state index in [9.17, 15) is 0 Å². The van der Waals surface area contributed by atoms with Gasteiger partial charge in [0.05, 0.1) is 0 Å². The molecule has 15 heavy (non-hydrogen) atoms. The third-order valence-corrected chi connectivity index (χ3v) is 2.73. The van der Waals surface area contributed by atoms with Crippen LogP contribution < -0.4 is 10.6 Å². The van der Waals surface area contributed by atoms with Gasteiger partial charge in [-0.15, -0.1) is 0 Å². The van der Waals surface area contributed by atoms with Gasteiger partial charge in [-0.2, -0.15) is 0 Å². The highest BCUT2D eigenvalue weighted by Crippen LogP contribution is 2.24. The van der Waals surface area contributed by atoms with E-state index in [0.717, 1.165) is 25.2 Å². The van der Waals surface area contributed by atoms with E-state index >= 15 is 0 Å². The van der Waals surface area contributed by atoms with Gasteiger partial charge in [0.25, 0.3) is 0 Å². The predicted molar refractivity (Wildman–Crippen MR) is 68.4 cm³/mol. The minimum atomic E-state index is 0.858. The van der Waals surface area contributed by atoms with Crippen molar-refractivity contribution >= 4 is 11.4 Å². The monoisotopic (exact) mass is 206 g/mol. The summed E-state index contributed by atoms with van der Waals surface area (Å²) in [5, 5.41) is 0. The molecule has 0 fully saturated rings. The van der Waals surface area contributed by atoms with Crippen molar-refractivity contribution in [3.8, 4) is 0 Å². The van der Waals surface area contributed by atoms with Crippen LogP contribution in [0.4, 0.5) is 11.4 Å². The molecular formula is C13H22N2. The molecule has 84 valence electrons. The van der Waals surface area contributed by atoms with Crippen molar-refractivity contribution in [3.05, 3.63) is 23.8 Å². The van der Waals surface area contributed by atoms with Gasteiger partial charge in [0.15, 0.2) is 0 Å². The zero-order valence-corrected chi connectivity index (χ0v) is 10.1. The fourth-order valence-electron chi connectivity index (χ4n) is 1.92. The Balaban J connectivity index is 3.04. The number of rotatable bonds is 5. The van der Waals surface area contributed by atoms with Gasteiger partial charge in [-0.25, -0.2) is 0 Å². The molecule has 0 amide bonds. The average Bonchev–Trinajstić information content (AvgIpc) is 2.24. The van der Waals surface area contributed by atoms with E-state index in [2.05, 4.69) is 37.8 Å². The van der Waals surface area contributed by atoms with Crippen LogP contribution in [0.5, 0.6) is 0 Å². The zero-order chi connectivity index (χ0) is 11.3. The van der Waals surface area contributed by atoms with Gasteiger partial charge in [0.2, 0.25) is 0 Å². The topological polar surface area (TPSA) is 29.3 Å². The van der Waals surface area contributed by atoms with Crippen molar-refractivity contribution in [2.24, 2.45) is 0 Å². The average molecular weight is 206 g/mol. The quantitative estimate of drug-likeness (QED) is 0.750. The van der Waals surface area contributed by atoms with E-state index in [0.29, 0.717) is 0 Å². The molecule has 0 saturated carbocycles. The van der Waals surface area contributed by atoms with Crippen molar-refractivity contribution in [1.82, 2.24) is 0 Å². The van der Waals surface area contributed by atoms with E-state index in [1.807, 2.05) is 6.07 Å². The first kappa shape index (κ1) is 11.9. The molecule has 2 nitrogen and oxygen atoms in total. The molecule has 0 aliphatic heterocycles. The molecule has 0 spiro atoms. The standard InChI is InChI=1S/C13H22N2/c1-4-7-11-8-9-12(14)10-13(11)15(5-2)6-3/h8-10H,4-7,14H2,1-3H3. The summed E-state index contributed by atoms with van der Waals surface area (Å²) in [7, 11) is 0. The molecule has 0 aliphatic carbocycles. The van der Waals surface area contributed by atoms with Crippen molar-refractivity contribution in [3.63, 3.8) is 0 Å². The summed E-state index contributed by atoms with van der Waals surface area (Å²) in [5.41, 5.74) is 9.42. The van der Waals surface area contributed by atoms with Gasteiger partial charge in [-0.05, 0) is 38.0 Å². The first-order chi connectivity index (χ1) is 7.22. The molecule has 2 N–H and O–H groups in total. The smallest absolute Gasteiger partial charge is 0.0419 e. The molecular weight excluding hydrogens is 184 g/mol. The molecule has 0 heterocycles. The van der Waals surface area contributed by atoms with Crippen molar-refractivity contribution in [2.45, 2.75) is 33.6 Å². The van der Waals surface area contributed by atoms with Crippen LogP contribution in [0.1, 0.15) is 32.8 Å². The SMILES string of the molecule is CCCc1ccc(N)cc1N(CC)CC. The van der Waals surface area contributed by atoms with E-state index in [1.54, 1.807) is 0 Å². The third-order valence-electron chi connectivity index (χ3n) is 2.73. The zero-order valence-electron chi connectivity index (χ0n) is 10.1. The maximum Gasteiger partial charge on any atom is 0.0419 e. The van der Waals surface area contributed by atoms with E-state index in [4.69, 9.17) is 5.73 Å². The fourth-order valence-corrected chi connectivity index (χ4v) is 1.92. The summed E-state index contributed by atoms with van der Waals surface area (Å²) >= 11 is 0. The molecule has 2 heteroatoms. The molecule has 0 unspecified atom stereocenters. The van der Waals surface area contributed by atoms with Crippen LogP contribution in [0.25, 0.3) is 0 Å². The Morgan fingerprint density at radius 3 is 2.33 bits per heavy atom. The lowest BCUT2D eigenvalue weighted by atomic mass is 10.1. The van der Waals surface area contributed by atoms with Gasteiger partial charge in [0.1, 0.15) is 0 Å². The largest absolute Gasteiger partial charge is 0.399 e. The molecule has 1 aromatic carbocycles. The van der Waals surface area contributed by atoms with Gasteiger partial charge < -0.3 is 10.6 Å². The van der Waals surface area contributed by atoms with Crippen LogP contribution in [0.3, 0.4) is 0 Å². The van der Waals surface area contributed by atoms with Gasteiger partial charge >= 0.3 is 0 Å². The Morgan fingerprint density at radius 2 is 1.80 bits per heavy atom. The fraction of sp³-hybridized carbons (Fsp3) is 0.538. The van der Waals surface area contributed by atoms with Gasteiger partial charge in [-0.3, -0.25) is 0 Å². The minimum Gasteiger partial charge on any atom is -0.399 e. The maximum absolute atomic E-state index is 5.84. The Labute approximate surface area is 93.1 Å². The van der Waals surface area contributed by atoms with Crippen molar-refractivity contribution < 1.29 is 0 Å². The highest BCUT2D eigenvalue weighted by molar-refractivity contribution is 5.61. The number of nitrogens with zero attached hydrogens (tertiary/aromatic N) is 1. The van der Waals surface area contributed by atoms with Crippen LogP contribution >= 0.6 is 0 Å². The lowest BCUT2D eigenvalue weighted by molar-refractivity contribution is 0.841. The summed E-state index contributed by atoms with van der Waals surface area (Å²) in [6.07, 6.45) is 2.31. The minimum absolute atomic E-state index is 0.858. The highest BCUT2D eigenvalue weighted by atomic mass is 15.1. The molecule has 0 saturated heterocycles. The van der Waals surface area contributed by atoms with Crippen LogP contribution in [-0.4, -0.2) is 13.1 Å². The Hall–Kier alpha value is -1.18. The maximum atomic E-state index is 5.84. The van der Waals surface area contributed by atoms with Gasteiger partial charge in [-0.1, -0.05) is 19.4 Å². The molecule has 0 atom stereocenters. The second-order valence-corrected chi connectivity index (χ2v) is 3.81. The van der Waals surface area contributed by atoms with Gasteiger partial charge in [0, 0.05) is 24.5 Å². The number of benzene rings is 1. The summed E-state index contributed by atoms with van der Waals surface area (Å²) < 4.78 is 0. The second kappa shape index (κ2) is 5.64. The molecule has 0 aromatic heterocycles. The Morgan fingerprint density at radius 1 is 1.13 bits per heavy atom. The molecule has 1 aromatic rings. The van der Waals surface area contributed by atoms with Crippen LogP contribution in [-0.2, 0) is 6.42 Å². The summed E-state index contributed by atoms with van der Waals surface area (Å²) in [4.78, 5) is 2.36. The normalized spacial score (nSPS) is 10.3. The van der Waals surface area contributed by atoms with Crippen LogP contribution in [0.15, 0.2) is 18.2 Å². The first-order valence-electron chi connectivity index (χ1n) is 5.86. The number of nitrogens with two attached hydrogens (primary N) is 1. The number of hydrogen-bond donors (Lipinski definition) is 1. The van der Waals surface area contributed by atoms with E-state index in [1.165, 1.54) is 17.7 Å². The molecule has 1 rings (SSSR count). The lowest BCUT2D eigenvalue weighted by Crippen LogP contribution is -2.23. The van der Waals surface area contributed by atoms with Crippen molar-refractivity contribution in [2.75, 3.05) is 23.7 Å². The third kappa shape index (κ3) is 2.88. The predicted octanol–water partition coefficient (Wildman–Crippen LogP) is 3.07. The summed E-state index contributed by atoms with van der Waals surface area (Å²) in [6, 6.07) is 6.25. The van der Waals surface area contributed by atoms with Crippen LogP contribution in [0, 0.1) is 0 Å². The number of aryl methyl sites for hydroxylation is 1. The second-order valence-electron chi connectivity index (χ2n) is 3.81. The Kier molecular flexibility index (Phi) is 4.47. The van der Waals surface area contributed by atoms with E-state index in [-0.39, 0.29) is 0 Å². The molecule has 0 radical (unpaired) electrons. The highest BCUT2D eigenvalue weighted by Gasteiger charge is 2.07. The van der Waals surface area contributed by atoms with Crippen molar-refractivity contribution in [1.29, 1.82) is 0 Å². The summed E-state index contributed by atoms with van der Waals surface area (Å²) in [5.74, 6) is 0. The number of nitrogen functional groups attached to an aromatic ring is 1. The summed E-state index contributed by atoms with van der Waals surface area (Å²) in [6.45, 7) is 8.65. The Bertz CT molecular complexity index is 303. The van der Waals surface area contributed by atoms with Crippen LogP contribution in [0.2, 0.25) is 0 Å². The molecule has 0 aliphatic rings. The lowest BCUT2D eigenvalue weighted by Gasteiger charge is -2.24. The van der Waals surface area contributed by atoms with E-state index < -0.39 is 0 Å². The first-order valence-corrected chi connectivity index (χ1v) is 5.86. The number of hydrogen-bond acceptors (Lipinski definition) is 2. The molecule has 0 bridgehead atoms.